The molecule has 2 aromatic heterocycles. The molecule has 0 aromatic carbocycles. The van der Waals surface area contributed by atoms with E-state index in [0.717, 1.165) is 31.9 Å². The van der Waals surface area contributed by atoms with E-state index in [0.29, 0.717) is 36.6 Å². The Morgan fingerprint density at radius 3 is 2.48 bits per heavy atom. The van der Waals surface area contributed by atoms with E-state index in [-0.39, 0.29) is 41.6 Å². The number of rotatable bonds is 6. The van der Waals surface area contributed by atoms with Crippen molar-refractivity contribution in [3.63, 3.8) is 0 Å². The maximum Gasteiger partial charge on any atom is 0.270 e. The van der Waals surface area contributed by atoms with Crippen molar-refractivity contribution in [1.82, 2.24) is 25.2 Å². The molecule has 2 aromatic rings. The van der Waals surface area contributed by atoms with Crippen LogP contribution < -0.4 is 15.5 Å². The fourth-order valence-corrected chi connectivity index (χ4v) is 4.87. The van der Waals surface area contributed by atoms with Crippen LogP contribution in [0.1, 0.15) is 48.7 Å². The molecule has 5 rings (SSSR count). The molecule has 1 aliphatic carbocycles. The fraction of sp³-hybridized carbons (Fsp3) is 0.522. The van der Waals surface area contributed by atoms with E-state index in [1.165, 1.54) is 6.20 Å². The number of pyridine rings is 1. The average molecular weight is 454 g/mol. The lowest BCUT2D eigenvalue weighted by atomic mass is 10.1. The number of nitrogens with zero attached hydrogens (tertiary/aromatic N) is 5. The van der Waals surface area contributed by atoms with Crippen LogP contribution >= 0.6 is 0 Å². The second kappa shape index (κ2) is 8.57. The maximum atomic E-state index is 14.7. The van der Waals surface area contributed by atoms with Gasteiger partial charge in [0.25, 0.3) is 5.91 Å². The van der Waals surface area contributed by atoms with Gasteiger partial charge in [-0.1, -0.05) is 0 Å². The summed E-state index contributed by atoms with van der Waals surface area (Å²) in [5.74, 6) is 0.252. The van der Waals surface area contributed by atoms with Gasteiger partial charge in [0, 0.05) is 37.6 Å². The van der Waals surface area contributed by atoms with Gasteiger partial charge >= 0.3 is 0 Å². The highest BCUT2D eigenvalue weighted by Crippen LogP contribution is 2.39. The summed E-state index contributed by atoms with van der Waals surface area (Å²) in [6.45, 7) is 5.33. The molecule has 2 atom stereocenters. The third-order valence-electron chi connectivity index (χ3n) is 6.58. The van der Waals surface area contributed by atoms with E-state index in [1.807, 2.05) is 11.8 Å². The highest BCUT2D eigenvalue weighted by molar-refractivity contribution is 5.93. The fourth-order valence-electron chi connectivity index (χ4n) is 4.87. The Labute approximate surface area is 191 Å². The van der Waals surface area contributed by atoms with Crippen LogP contribution in [0.5, 0.6) is 0 Å². The first-order valence-corrected chi connectivity index (χ1v) is 11.6. The number of carbonyl (C=O) groups is 2. The number of amides is 2. The predicted molar refractivity (Wildman–Crippen MR) is 121 cm³/mol. The minimum absolute atomic E-state index is 0.108. The van der Waals surface area contributed by atoms with Crippen LogP contribution in [0.3, 0.4) is 0 Å². The number of aromatic nitrogens is 3. The Morgan fingerprint density at radius 1 is 1.12 bits per heavy atom. The summed E-state index contributed by atoms with van der Waals surface area (Å²) in [7, 11) is 0. The summed E-state index contributed by atoms with van der Waals surface area (Å²) in [5.41, 5.74) is 1.68. The van der Waals surface area contributed by atoms with Crippen molar-refractivity contribution < 1.29 is 14.0 Å². The van der Waals surface area contributed by atoms with Crippen molar-refractivity contribution in [2.45, 2.75) is 51.6 Å². The van der Waals surface area contributed by atoms with E-state index < -0.39 is 5.82 Å². The molecular weight excluding hydrogens is 425 g/mol. The zero-order valence-electron chi connectivity index (χ0n) is 18.8. The molecule has 2 amide bonds. The van der Waals surface area contributed by atoms with Gasteiger partial charge in [0.05, 0.1) is 18.1 Å². The number of nitrogens with one attached hydrogen (secondary N) is 2. The zero-order valence-corrected chi connectivity index (χ0v) is 18.8. The van der Waals surface area contributed by atoms with E-state index in [1.54, 1.807) is 13.0 Å². The maximum absolute atomic E-state index is 14.7. The van der Waals surface area contributed by atoms with Crippen LogP contribution in [0.15, 0.2) is 18.5 Å². The van der Waals surface area contributed by atoms with Crippen LogP contribution in [0.2, 0.25) is 0 Å². The molecular formula is C23H28FN7O2. The minimum Gasteiger partial charge on any atom is -0.351 e. The second-order valence-electron chi connectivity index (χ2n) is 9.05. The Morgan fingerprint density at radius 2 is 1.85 bits per heavy atom. The third-order valence-corrected chi connectivity index (χ3v) is 6.58. The highest BCUT2D eigenvalue weighted by Gasteiger charge is 2.47. The third kappa shape index (κ3) is 4.21. The van der Waals surface area contributed by atoms with Crippen molar-refractivity contribution in [2.24, 2.45) is 5.92 Å². The minimum atomic E-state index is -0.484. The van der Waals surface area contributed by atoms with Crippen molar-refractivity contribution in [2.75, 3.05) is 29.9 Å². The summed E-state index contributed by atoms with van der Waals surface area (Å²) in [6.07, 6.45) is 6.57. The molecule has 0 spiro atoms. The van der Waals surface area contributed by atoms with Gasteiger partial charge in [-0.2, -0.15) is 4.98 Å². The number of halogens is 1. The van der Waals surface area contributed by atoms with Crippen LogP contribution in [-0.4, -0.2) is 63.4 Å². The van der Waals surface area contributed by atoms with Crippen molar-refractivity contribution >= 4 is 29.3 Å². The molecule has 3 fully saturated rings. The lowest BCUT2D eigenvalue weighted by molar-refractivity contribution is -0.135. The van der Waals surface area contributed by atoms with Crippen LogP contribution in [0.25, 0.3) is 0 Å². The molecule has 3 aliphatic rings. The van der Waals surface area contributed by atoms with E-state index in [9.17, 15) is 14.0 Å². The SMILES string of the molecule is CCNC(=O)c1ncc(Nc2ncc(F)c(N3C[C@H]4CC[C@H](C3)N4C(=O)C3CC3)n2)cc1C. The van der Waals surface area contributed by atoms with Gasteiger partial charge in [-0.3, -0.25) is 9.59 Å². The Kier molecular flexibility index (Phi) is 5.59. The number of anilines is 3. The molecule has 2 aliphatic heterocycles. The first-order valence-electron chi connectivity index (χ1n) is 11.6. The van der Waals surface area contributed by atoms with Gasteiger partial charge in [-0.25, -0.2) is 14.4 Å². The summed E-state index contributed by atoms with van der Waals surface area (Å²) in [6, 6.07) is 2.00. The Hall–Kier alpha value is -3.30. The lowest BCUT2D eigenvalue weighted by Gasteiger charge is -2.41. The van der Waals surface area contributed by atoms with E-state index >= 15 is 0 Å². The highest BCUT2D eigenvalue weighted by atomic mass is 19.1. The molecule has 174 valence electrons. The van der Waals surface area contributed by atoms with Crippen molar-refractivity contribution in [1.29, 1.82) is 0 Å². The molecule has 2 saturated heterocycles. The lowest BCUT2D eigenvalue weighted by Crippen LogP contribution is -2.56. The molecule has 4 heterocycles. The van der Waals surface area contributed by atoms with Gasteiger partial charge in [0.1, 0.15) is 5.69 Å². The summed E-state index contributed by atoms with van der Waals surface area (Å²) < 4.78 is 14.7. The number of aryl methyl sites for hydroxylation is 1. The van der Waals surface area contributed by atoms with Crippen LogP contribution in [0.4, 0.5) is 21.8 Å². The second-order valence-corrected chi connectivity index (χ2v) is 9.05. The van der Waals surface area contributed by atoms with Gasteiger partial charge in [0.2, 0.25) is 11.9 Å². The molecule has 33 heavy (non-hydrogen) atoms. The largest absolute Gasteiger partial charge is 0.351 e. The average Bonchev–Trinajstić information content (AvgIpc) is 3.60. The van der Waals surface area contributed by atoms with Crippen molar-refractivity contribution in [3.05, 3.63) is 35.5 Å². The zero-order chi connectivity index (χ0) is 23.1. The molecule has 1 saturated carbocycles. The van der Waals surface area contributed by atoms with E-state index in [4.69, 9.17) is 0 Å². The molecule has 2 N–H and O–H groups in total. The topological polar surface area (TPSA) is 103 Å². The molecule has 10 heteroatoms. The summed E-state index contributed by atoms with van der Waals surface area (Å²) in [4.78, 5) is 41.5. The molecule has 2 bridgehead atoms. The number of piperazine rings is 1. The summed E-state index contributed by atoms with van der Waals surface area (Å²) >= 11 is 0. The standard InChI is InChI=1S/C23H28FN7O2/c1-3-25-21(32)19-13(2)8-15(9-26-19)28-23-27-10-18(24)20(29-23)30-11-16-6-7-17(12-30)31(16)22(33)14-4-5-14/h8-10,14,16-17H,3-7,11-12H2,1-2H3,(H,25,32)(H,27,28,29)/t16-,17-/m1/s1. The first-order chi connectivity index (χ1) is 15.9. The molecule has 0 radical (unpaired) electrons. The predicted octanol–water partition coefficient (Wildman–Crippen LogP) is 2.40. The van der Waals surface area contributed by atoms with E-state index in [2.05, 4.69) is 30.5 Å². The number of carbonyl (C=O) groups excluding carboxylic acids is 2. The Balaban J connectivity index is 1.32. The van der Waals surface area contributed by atoms with Gasteiger partial charge in [-0.05, 0) is 51.2 Å². The van der Waals surface area contributed by atoms with Gasteiger partial charge in [-0.15, -0.1) is 0 Å². The van der Waals surface area contributed by atoms with Gasteiger partial charge in [0.15, 0.2) is 11.6 Å². The van der Waals surface area contributed by atoms with Gasteiger partial charge < -0.3 is 20.4 Å². The van der Waals surface area contributed by atoms with Crippen LogP contribution in [0, 0.1) is 18.7 Å². The Bertz CT molecular complexity index is 1080. The normalized spacial score (nSPS) is 21.8. The van der Waals surface area contributed by atoms with Crippen LogP contribution in [-0.2, 0) is 4.79 Å². The summed E-state index contributed by atoms with van der Waals surface area (Å²) in [5, 5.41) is 5.80. The number of hydrogen-bond acceptors (Lipinski definition) is 7. The number of hydrogen-bond donors (Lipinski definition) is 2. The molecule has 9 nitrogen and oxygen atoms in total. The van der Waals surface area contributed by atoms with Crippen molar-refractivity contribution in [3.8, 4) is 0 Å². The molecule has 0 unspecified atom stereocenters. The quantitative estimate of drug-likeness (QED) is 0.692. The first kappa shape index (κ1) is 21.5. The number of fused-ring (bicyclic) bond motifs is 2. The monoisotopic (exact) mass is 453 g/mol. The smallest absolute Gasteiger partial charge is 0.270 e.